The molecule has 88 valence electrons. The average Bonchev–Trinajstić information content (AvgIpc) is 2.41. The van der Waals surface area contributed by atoms with Crippen LogP contribution >= 0.6 is 15.9 Å². The molecule has 0 saturated heterocycles. The molecule has 18 heavy (non-hydrogen) atoms. The average molecular weight is 302 g/mol. The molecule has 0 N–H and O–H groups in total. The Balaban J connectivity index is 2.33. The van der Waals surface area contributed by atoms with Gasteiger partial charge in [-0.3, -0.25) is 4.79 Å². The molecule has 0 bridgehead atoms. The third kappa shape index (κ3) is 1.82. The van der Waals surface area contributed by atoms with Crippen molar-refractivity contribution in [3.05, 3.63) is 63.6 Å². The third-order valence-corrected chi connectivity index (χ3v) is 3.11. The molecule has 0 aliphatic carbocycles. The first kappa shape index (κ1) is 11.1. The van der Waals surface area contributed by atoms with E-state index >= 15 is 0 Å². The van der Waals surface area contributed by atoms with Gasteiger partial charge in [-0.1, -0.05) is 28.1 Å². The third-order valence-electron chi connectivity index (χ3n) is 2.62. The van der Waals surface area contributed by atoms with Crippen LogP contribution in [0.25, 0.3) is 16.6 Å². The highest BCUT2D eigenvalue weighted by atomic mass is 79.9. The molecule has 0 aliphatic rings. The van der Waals surface area contributed by atoms with Gasteiger partial charge in [-0.15, -0.1) is 0 Å². The Bertz CT molecular complexity index is 768. The van der Waals surface area contributed by atoms with Crippen molar-refractivity contribution in [3.8, 4) is 5.82 Å². The number of fused-ring (bicyclic) bond motifs is 1. The summed E-state index contributed by atoms with van der Waals surface area (Å²) in [7, 11) is 0. The van der Waals surface area contributed by atoms with Crippen molar-refractivity contribution in [2.75, 3.05) is 0 Å². The van der Waals surface area contributed by atoms with Crippen LogP contribution in [0.1, 0.15) is 0 Å². The zero-order valence-electron chi connectivity index (χ0n) is 9.25. The fourth-order valence-electron chi connectivity index (χ4n) is 1.75. The van der Waals surface area contributed by atoms with Crippen molar-refractivity contribution in [3.63, 3.8) is 0 Å². The van der Waals surface area contributed by atoms with Crippen LogP contribution in [0.4, 0.5) is 0 Å². The van der Waals surface area contributed by atoms with Gasteiger partial charge in [0.2, 0.25) is 0 Å². The molecule has 4 nitrogen and oxygen atoms in total. The van der Waals surface area contributed by atoms with Gasteiger partial charge in [-0.2, -0.15) is 9.78 Å². The molecule has 3 rings (SSSR count). The van der Waals surface area contributed by atoms with Crippen molar-refractivity contribution >= 4 is 26.7 Å². The summed E-state index contributed by atoms with van der Waals surface area (Å²) in [5.41, 5.74) is -0.174. The first-order chi connectivity index (χ1) is 8.75. The normalized spacial score (nSPS) is 10.7. The van der Waals surface area contributed by atoms with Gasteiger partial charge in [0.05, 0.1) is 11.6 Å². The Labute approximate surface area is 111 Å². The number of hydrogen-bond donors (Lipinski definition) is 0. The largest absolute Gasteiger partial charge is 0.280 e. The van der Waals surface area contributed by atoms with Gasteiger partial charge in [0.25, 0.3) is 5.56 Å². The van der Waals surface area contributed by atoms with E-state index in [1.54, 1.807) is 30.6 Å². The molecule has 0 unspecified atom stereocenters. The second kappa shape index (κ2) is 4.34. The maximum absolute atomic E-state index is 12.3. The number of nitrogens with zero attached hydrogens (tertiary/aromatic N) is 3. The van der Waals surface area contributed by atoms with Crippen molar-refractivity contribution in [1.29, 1.82) is 0 Å². The lowest BCUT2D eigenvalue weighted by atomic mass is 10.2. The predicted octanol–water partition coefficient (Wildman–Crippen LogP) is 2.54. The molecule has 0 spiro atoms. The lowest BCUT2D eigenvalue weighted by molar-refractivity contribution is 0.794. The fraction of sp³-hybridized carbons (Fsp3) is 0. The summed E-state index contributed by atoms with van der Waals surface area (Å²) < 4.78 is 2.17. The van der Waals surface area contributed by atoms with Gasteiger partial charge in [0.15, 0.2) is 5.82 Å². The molecule has 3 aromatic rings. The number of rotatable bonds is 1. The molecule has 2 aromatic heterocycles. The first-order valence-corrected chi connectivity index (χ1v) is 6.14. The minimum absolute atomic E-state index is 0.174. The fourth-order valence-corrected chi connectivity index (χ4v) is 2.12. The highest BCUT2D eigenvalue weighted by Gasteiger charge is 2.06. The van der Waals surface area contributed by atoms with Crippen molar-refractivity contribution in [1.82, 2.24) is 14.8 Å². The summed E-state index contributed by atoms with van der Waals surface area (Å²) in [5, 5.41) is 5.56. The molecule has 2 heterocycles. The Morgan fingerprint density at radius 3 is 2.83 bits per heavy atom. The molecule has 0 radical (unpaired) electrons. The van der Waals surface area contributed by atoms with Crippen LogP contribution in [0.15, 0.2) is 58.1 Å². The first-order valence-electron chi connectivity index (χ1n) is 5.35. The van der Waals surface area contributed by atoms with Crippen LogP contribution < -0.4 is 5.56 Å². The topological polar surface area (TPSA) is 47.8 Å². The van der Waals surface area contributed by atoms with E-state index in [0.717, 1.165) is 9.86 Å². The Kier molecular flexibility index (Phi) is 2.68. The van der Waals surface area contributed by atoms with Crippen LogP contribution in [0.5, 0.6) is 0 Å². The molecule has 0 saturated carbocycles. The SMILES string of the molecule is O=c1c2cc(Br)ccc2cnn1-c1ccccn1. The van der Waals surface area contributed by atoms with Gasteiger partial charge < -0.3 is 0 Å². The van der Waals surface area contributed by atoms with Gasteiger partial charge in [0.1, 0.15) is 0 Å². The van der Waals surface area contributed by atoms with Crippen LogP contribution in [0.2, 0.25) is 0 Å². The summed E-state index contributed by atoms with van der Waals surface area (Å²) in [6.07, 6.45) is 3.30. The van der Waals surface area contributed by atoms with Gasteiger partial charge in [-0.05, 0) is 24.3 Å². The van der Waals surface area contributed by atoms with Gasteiger partial charge >= 0.3 is 0 Å². The number of benzene rings is 1. The molecule has 0 atom stereocenters. The van der Waals surface area contributed by atoms with Crippen LogP contribution in [0.3, 0.4) is 0 Å². The monoisotopic (exact) mass is 301 g/mol. The van der Waals surface area contributed by atoms with E-state index in [1.807, 2.05) is 18.2 Å². The van der Waals surface area contributed by atoms with E-state index in [0.29, 0.717) is 11.2 Å². The van der Waals surface area contributed by atoms with E-state index in [4.69, 9.17) is 0 Å². The number of aromatic nitrogens is 3. The van der Waals surface area contributed by atoms with Crippen LogP contribution in [-0.2, 0) is 0 Å². The zero-order valence-corrected chi connectivity index (χ0v) is 10.8. The van der Waals surface area contributed by atoms with E-state index in [9.17, 15) is 4.79 Å². The Hall–Kier alpha value is -2.01. The zero-order chi connectivity index (χ0) is 12.5. The summed E-state index contributed by atoms with van der Waals surface area (Å²) in [4.78, 5) is 16.4. The summed E-state index contributed by atoms with van der Waals surface area (Å²) in [6.45, 7) is 0. The molecule has 1 aromatic carbocycles. The summed E-state index contributed by atoms with van der Waals surface area (Å²) >= 11 is 3.36. The molecule has 0 aliphatic heterocycles. The standard InChI is InChI=1S/C13H8BrN3O/c14-10-5-4-9-8-16-17(13(18)11(9)7-10)12-3-1-2-6-15-12/h1-8H. The smallest absolute Gasteiger partial charge is 0.267 e. The highest BCUT2D eigenvalue weighted by molar-refractivity contribution is 9.10. The molecular weight excluding hydrogens is 294 g/mol. The maximum atomic E-state index is 12.3. The van der Waals surface area contributed by atoms with E-state index < -0.39 is 0 Å². The van der Waals surface area contributed by atoms with Crippen LogP contribution in [-0.4, -0.2) is 14.8 Å². The molecule has 0 amide bonds. The van der Waals surface area contributed by atoms with Crippen molar-refractivity contribution < 1.29 is 0 Å². The van der Waals surface area contributed by atoms with Crippen molar-refractivity contribution in [2.24, 2.45) is 0 Å². The predicted molar refractivity (Wildman–Crippen MR) is 72.8 cm³/mol. The minimum Gasteiger partial charge on any atom is -0.267 e. The van der Waals surface area contributed by atoms with E-state index in [-0.39, 0.29) is 5.56 Å². The van der Waals surface area contributed by atoms with Crippen LogP contribution in [0, 0.1) is 0 Å². The summed E-state index contributed by atoms with van der Waals surface area (Å²) in [5.74, 6) is 0.518. The second-order valence-electron chi connectivity index (χ2n) is 3.78. The number of hydrogen-bond acceptors (Lipinski definition) is 3. The molecule has 5 heteroatoms. The molecular formula is C13H8BrN3O. The lowest BCUT2D eigenvalue weighted by Crippen LogP contribution is -2.21. The van der Waals surface area contributed by atoms with E-state index in [2.05, 4.69) is 26.0 Å². The lowest BCUT2D eigenvalue weighted by Gasteiger charge is -2.04. The highest BCUT2D eigenvalue weighted by Crippen LogP contribution is 2.16. The van der Waals surface area contributed by atoms with Gasteiger partial charge in [-0.25, -0.2) is 4.98 Å². The maximum Gasteiger partial charge on any atom is 0.280 e. The minimum atomic E-state index is -0.174. The second-order valence-corrected chi connectivity index (χ2v) is 4.70. The van der Waals surface area contributed by atoms with Gasteiger partial charge in [0, 0.05) is 16.1 Å². The Morgan fingerprint density at radius 2 is 2.06 bits per heavy atom. The van der Waals surface area contributed by atoms with Crippen molar-refractivity contribution in [2.45, 2.75) is 0 Å². The summed E-state index contributed by atoms with van der Waals surface area (Å²) in [6, 6.07) is 10.9. The number of halogens is 1. The Morgan fingerprint density at radius 1 is 1.17 bits per heavy atom. The quantitative estimate of drug-likeness (QED) is 0.694. The number of pyridine rings is 1. The molecule has 0 fully saturated rings. The van der Waals surface area contributed by atoms with E-state index in [1.165, 1.54) is 4.68 Å².